The SMILES string of the molecule is Cc1cc(NC(=O)c2ccc(Cl)cc2Br)cnc1Cl. The van der Waals surface area contributed by atoms with Gasteiger partial charge in [-0.3, -0.25) is 4.79 Å². The zero-order valence-corrected chi connectivity index (χ0v) is 13.0. The Balaban J connectivity index is 2.23. The van der Waals surface area contributed by atoms with Gasteiger partial charge in [0, 0.05) is 9.50 Å². The van der Waals surface area contributed by atoms with Crippen molar-refractivity contribution in [3.05, 3.63) is 56.2 Å². The normalized spacial score (nSPS) is 10.3. The van der Waals surface area contributed by atoms with Gasteiger partial charge in [-0.15, -0.1) is 0 Å². The number of halogens is 3. The number of nitrogens with zero attached hydrogens (tertiary/aromatic N) is 1. The molecule has 1 aromatic heterocycles. The van der Waals surface area contributed by atoms with Crippen molar-refractivity contribution in [1.29, 1.82) is 0 Å². The molecule has 0 saturated carbocycles. The monoisotopic (exact) mass is 358 g/mol. The fourth-order valence-corrected chi connectivity index (χ4v) is 2.46. The van der Waals surface area contributed by atoms with E-state index < -0.39 is 0 Å². The minimum atomic E-state index is -0.243. The lowest BCUT2D eigenvalue weighted by Gasteiger charge is -2.08. The van der Waals surface area contributed by atoms with Crippen LogP contribution < -0.4 is 5.32 Å². The Morgan fingerprint density at radius 2 is 2.05 bits per heavy atom. The molecule has 0 spiro atoms. The number of anilines is 1. The Morgan fingerprint density at radius 3 is 2.68 bits per heavy atom. The summed E-state index contributed by atoms with van der Waals surface area (Å²) in [4.78, 5) is 16.1. The quantitative estimate of drug-likeness (QED) is 0.789. The molecule has 0 aliphatic heterocycles. The van der Waals surface area contributed by atoms with Crippen LogP contribution in [0, 0.1) is 6.92 Å². The Labute approximate surface area is 129 Å². The molecule has 2 aromatic rings. The minimum Gasteiger partial charge on any atom is -0.321 e. The highest BCUT2D eigenvalue weighted by molar-refractivity contribution is 9.10. The molecule has 0 atom stereocenters. The number of rotatable bonds is 2. The van der Waals surface area contributed by atoms with Gasteiger partial charge in [0.2, 0.25) is 0 Å². The summed E-state index contributed by atoms with van der Waals surface area (Å²) in [6, 6.07) is 6.74. The van der Waals surface area contributed by atoms with Crippen LogP contribution >= 0.6 is 39.1 Å². The zero-order chi connectivity index (χ0) is 14.0. The third-order valence-corrected chi connectivity index (χ3v) is 3.73. The summed E-state index contributed by atoms with van der Waals surface area (Å²) in [5, 5.41) is 3.74. The molecule has 2 rings (SSSR count). The lowest BCUT2D eigenvalue weighted by molar-refractivity contribution is 0.102. The number of aromatic nitrogens is 1. The van der Waals surface area contributed by atoms with Gasteiger partial charge in [-0.2, -0.15) is 0 Å². The van der Waals surface area contributed by atoms with Crippen molar-refractivity contribution < 1.29 is 4.79 Å². The first kappa shape index (κ1) is 14.3. The number of hydrogen-bond donors (Lipinski definition) is 1. The van der Waals surface area contributed by atoms with E-state index in [1.54, 1.807) is 24.3 Å². The molecule has 0 fully saturated rings. The highest BCUT2D eigenvalue weighted by Gasteiger charge is 2.11. The molecule has 3 nitrogen and oxygen atoms in total. The van der Waals surface area contributed by atoms with Gasteiger partial charge in [0.05, 0.1) is 17.4 Å². The maximum absolute atomic E-state index is 12.1. The van der Waals surface area contributed by atoms with Crippen molar-refractivity contribution in [2.45, 2.75) is 6.92 Å². The van der Waals surface area contributed by atoms with Gasteiger partial charge in [-0.05, 0) is 52.7 Å². The fourth-order valence-electron chi connectivity index (χ4n) is 1.50. The first-order valence-electron chi connectivity index (χ1n) is 5.36. The van der Waals surface area contributed by atoms with Crippen LogP contribution in [0.15, 0.2) is 34.9 Å². The molecule has 0 saturated heterocycles. The van der Waals surface area contributed by atoms with Crippen LogP contribution in [0.3, 0.4) is 0 Å². The second-order valence-electron chi connectivity index (χ2n) is 3.91. The standard InChI is InChI=1S/C13H9BrCl2N2O/c1-7-4-9(6-17-12(7)16)18-13(19)10-3-2-8(15)5-11(10)14/h2-6H,1H3,(H,18,19). The van der Waals surface area contributed by atoms with Gasteiger partial charge >= 0.3 is 0 Å². The van der Waals surface area contributed by atoms with Crippen LogP contribution in [0.2, 0.25) is 10.2 Å². The first-order valence-corrected chi connectivity index (χ1v) is 6.91. The van der Waals surface area contributed by atoms with Gasteiger partial charge < -0.3 is 5.32 Å². The number of benzene rings is 1. The smallest absolute Gasteiger partial charge is 0.256 e. The van der Waals surface area contributed by atoms with E-state index in [4.69, 9.17) is 23.2 Å². The second kappa shape index (κ2) is 5.90. The van der Waals surface area contributed by atoms with Crippen molar-refractivity contribution >= 4 is 50.7 Å². The number of carbonyl (C=O) groups is 1. The van der Waals surface area contributed by atoms with E-state index in [0.29, 0.717) is 25.9 Å². The Hall–Kier alpha value is -1.10. The maximum Gasteiger partial charge on any atom is 0.256 e. The molecule has 1 aromatic carbocycles. The van der Waals surface area contributed by atoms with E-state index in [0.717, 1.165) is 5.56 Å². The molecule has 0 aliphatic rings. The summed E-state index contributed by atoms with van der Waals surface area (Å²) in [6.07, 6.45) is 1.51. The Kier molecular flexibility index (Phi) is 4.45. The van der Waals surface area contributed by atoms with Crippen molar-refractivity contribution in [2.75, 3.05) is 5.32 Å². The lowest BCUT2D eigenvalue weighted by Crippen LogP contribution is -2.12. The lowest BCUT2D eigenvalue weighted by atomic mass is 10.2. The molecule has 1 amide bonds. The molecule has 0 radical (unpaired) electrons. The van der Waals surface area contributed by atoms with Crippen molar-refractivity contribution in [2.24, 2.45) is 0 Å². The van der Waals surface area contributed by atoms with Crippen molar-refractivity contribution in [1.82, 2.24) is 4.98 Å². The third kappa shape index (κ3) is 3.47. The highest BCUT2D eigenvalue weighted by atomic mass is 79.9. The minimum absolute atomic E-state index is 0.243. The molecule has 6 heteroatoms. The molecule has 0 aliphatic carbocycles. The van der Waals surface area contributed by atoms with Crippen LogP contribution in [-0.4, -0.2) is 10.9 Å². The highest BCUT2D eigenvalue weighted by Crippen LogP contribution is 2.23. The van der Waals surface area contributed by atoms with Crippen LogP contribution in [0.25, 0.3) is 0 Å². The number of hydrogen-bond acceptors (Lipinski definition) is 2. The van der Waals surface area contributed by atoms with Crippen LogP contribution in [0.1, 0.15) is 15.9 Å². The Morgan fingerprint density at radius 1 is 1.32 bits per heavy atom. The number of pyridine rings is 1. The summed E-state index contributed by atoms with van der Waals surface area (Å²) in [6.45, 7) is 1.82. The van der Waals surface area contributed by atoms with Gasteiger partial charge in [-0.25, -0.2) is 4.98 Å². The summed E-state index contributed by atoms with van der Waals surface area (Å²) >= 11 is 15.0. The fraction of sp³-hybridized carbons (Fsp3) is 0.0769. The van der Waals surface area contributed by atoms with Gasteiger partial charge in [0.25, 0.3) is 5.91 Å². The number of aryl methyl sites for hydroxylation is 1. The summed E-state index contributed by atoms with van der Waals surface area (Å²) < 4.78 is 0.635. The zero-order valence-electron chi connectivity index (χ0n) is 9.88. The van der Waals surface area contributed by atoms with Gasteiger partial charge in [0.1, 0.15) is 5.15 Å². The molecule has 0 bridgehead atoms. The predicted molar refractivity (Wildman–Crippen MR) is 81.1 cm³/mol. The molecule has 1 N–H and O–H groups in total. The van der Waals surface area contributed by atoms with E-state index in [2.05, 4.69) is 26.2 Å². The maximum atomic E-state index is 12.1. The molecular weight excluding hydrogens is 351 g/mol. The van der Waals surface area contributed by atoms with E-state index in [-0.39, 0.29) is 5.91 Å². The van der Waals surface area contributed by atoms with E-state index in [9.17, 15) is 4.79 Å². The first-order chi connectivity index (χ1) is 8.97. The predicted octanol–water partition coefficient (Wildman–Crippen LogP) is 4.71. The third-order valence-electron chi connectivity index (χ3n) is 2.45. The molecule has 1 heterocycles. The molecule has 0 unspecified atom stereocenters. The number of amides is 1. The van der Waals surface area contributed by atoms with Crippen molar-refractivity contribution in [3.8, 4) is 0 Å². The Bertz CT molecular complexity index is 647. The molecular formula is C13H9BrCl2N2O. The topological polar surface area (TPSA) is 42.0 Å². The van der Waals surface area contributed by atoms with Gasteiger partial charge in [-0.1, -0.05) is 23.2 Å². The second-order valence-corrected chi connectivity index (χ2v) is 5.56. The van der Waals surface area contributed by atoms with Gasteiger partial charge in [0.15, 0.2) is 0 Å². The van der Waals surface area contributed by atoms with E-state index in [1.807, 2.05) is 6.92 Å². The summed E-state index contributed by atoms with van der Waals surface area (Å²) in [5.41, 5.74) is 1.89. The van der Waals surface area contributed by atoms with E-state index in [1.165, 1.54) is 6.20 Å². The number of nitrogens with one attached hydrogen (secondary N) is 1. The average molecular weight is 360 g/mol. The summed E-state index contributed by atoms with van der Waals surface area (Å²) in [7, 11) is 0. The van der Waals surface area contributed by atoms with Crippen LogP contribution in [-0.2, 0) is 0 Å². The average Bonchev–Trinajstić information content (AvgIpc) is 2.33. The van der Waals surface area contributed by atoms with Crippen molar-refractivity contribution in [3.63, 3.8) is 0 Å². The van der Waals surface area contributed by atoms with E-state index >= 15 is 0 Å². The summed E-state index contributed by atoms with van der Waals surface area (Å²) in [5.74, 6) is -0.243. The number of carbonyl (C=O) groups excluding carboxylic acids is 1. The largest absolute Gasteiger partial charge is 0.321 e. The van der Waals surface area contributed by atoms with Crippen LogP contribution in [0.5, 0.6) is 0 Å². The molecule has 19 heavy (non-hydrogen) atoms. The van der Waals surface area contributed by atoms with Crippen LogP contribution in [0.4, 0.5) is 5.69 Å². The molecule has 98 valence electrons.